The number of hydrogen-bond acceptors (Lipinski definition) is 6. The second kappa shape index (κ2) is 6.49. The van der Waals surface area contributed by atoms with Gasteiger partial charge in [0.05, 0.1) is 23.2 Å². The summed E-state index contributed by atoms with van der Waals surface area (Å²) in [5.74, 6) is 0.385. The maximum absolute atomic E-state index is 12.4. The number of H-pyrrole nitrogens is 1. The van der Waals surface area contributed by atoms with Gasteiger partial charge in [0.25, 0.3) is 11.5 Å². The molecule has 140 valence electrons. The van der Waals surface area contributed by atoms with Crippen LogP contribution in [-0.4, -0.2) is 25.6 Å². The summed E-state index contributed by atoms with van der Waals surface area (Å²) in [4.78, 5) is 43.1. The summed E-state index contributed by atoms with van der Waals surface area (Å²) in [6.45, 7) is 4.17. The highest BCUT2D eigenvalue weighted by Crippen LogP contribution is 2.34. The van der Waals surface area contributed by atoms with Gasteiger partial charge in [-0.05, 0) is 24.8 Å². The van der Waals surface area contributed by atoms with E-state index >= 15 is 0 Å². The highest BCUT2D eigenvalue weighted by Gasteiger charge is 2.27. The molecule has 2 N–H and O–H groups in total. The Morgan fingerprint density at radius 2 is 2.15 bits per heavy atom. The minimum atomic E-state index is -0.550. The van der Waals surface area contributed by atoms with Crippen LogP contribution in [0.25, 0.3) is 11.0 Å². The molecule has 0 aliphatic heterocycles. The van der Waals surface area contributed by atoms with Gasteiger partial charge in [0, 0.05) is 18.3 Å². The van der Waals surface area contributed by atoms with Crippen molar-refractivity contribution in [1.82, 2.24) is 25.0 Å². The van der Waals surface area contributed by atoms with Crippen molar-refractivity contribution in [3.05, 3.63) is 56.2 Å². The molecule has 4 rings (SSSR count). The van der Waals surface area contributed by atoms with Crippen molar-refractivity contribution in [2.75, 3.05) is 0 Å². The summed E-state index contributed by atoms with van der Waals surface area (Å²) < 4.78 is 6.68. The van der Waals surface area contributed by atoms with Gasteiger partial charge in [-0.15, -0.1) is 0 Å². The summed E-state index contributed by atoms with van der Waals surface area (Å²) in [6.07, 6.45) is 3.12. The molecule has 9 heteroatoms. The largest absolute Gasteiger partial charge is 0.359 e. The Hall–Kier alpha value is -3.23. The van der Waals surface area contributed by atoms with E-state index in [1.807, 2.05) is 13.8 Å². The van der Waals surface area contributed by atoms with Crippen molar-refractivity contribution < 1.29 is 9.32 Å². The molecule has 1 amide bonds. The van der Waals surface area contributed by atoms with Crippen molar-refractivity contribution in [3.63, 3.8) is 0 Å². The Morgan fingerprint density at radius 3 is 2.81 bits per heavy atom. The SMILES string of the molecule is CC(C)c1cc(CNC(=O)c2cnc3c(c2)c(=O)[nH]c(=O)n3C2CC2)on1. The molecule has 0 atom stereocenters. The van der Waals surface area contributed by atoms with Crippen LogP contribution >= 0.6 is 0 Å². The van der Waals surface area contributed by atoms with Crippen molar-refractivity contribution in [2.45, 2.75) is 45.2 Å². The van der Waals surface area contributed by atoms with Gasteiger partial charge in [0.1, 0.15) is 5.65 Å². The van der Waals surface area contributed by atoms with E-state index in [9.17, 15) is 14.4 Å². The Bertz CT molecular complexity index is 1140. The van der Waals surface area contributed by atoms with Crippen molar-refractivity contribution >= 4 is 16.9 Å². The molecule has 3 aromatic heterocycles. The van der Waals surface area contributed by atoms with Crippen LogP contribution < -0.4 is 16.6 Å². The van der Waals surface area contributed by atoms with E-state index in [-0.39, 0.29) is 29.5 Å². The molecule has 1 aliphatic carbocycles. The standard InChI is InChI=1S/C18H19N5O4/c1-9(2)14-6-12(27-22-14)8-20-16(24)10-5-13-15(19-7-10)23(11-3-4-11)18(26)21-17(13)25/h5-7,9,11H,3-4,8H2,1-2H3,(H,20,24)(H,21,25,26). The number of carbonyl (C=O) groups excluding carboxylic acids is 1. The molecule has 0 spiro atoms. The maximum atomic E-state index is 12.4. The van der Waals surface area contributed by atoms with Gasteiger partial charge in [0.15, 0.2) is 5.76 Å². The molecular weight excluding hydrogens is 350 g/mol. The fourth-order valence-electron chi connectivity index (χ4n) is 2.89. The quantitative estimate of drug-likeness (QED) is 0.702. The molecule has 0 unspecified atom stereocenters. The second-order valence-electron chi connectivity index (χ2n) is 7.01. The van der Waals surface area contributed by atoms with Gasteiger partial charge in [-0.2, -0.15) is 0 Å². The van der Waals surface area contributed by atoms with Crippen molar-refractivity contribution in [1.29, 1.82) is 0 Å². The van der Waals surface area contributed by atoms with Crippen LogP contribution in [0, 0.1) is 0 Å². The molecule has 0 saturated heterocycles. The molecule has 3 aromatic rings. The van der Waals surface area contributed by atoms with Crippen LogP contribution in [0.2, 0.25) is 0 Å². The van der Waals surface area contributed by atoms with Gasteiger partial charge < -0.3 is 9.84 Å². The zero-order chi connectivity index (χ0) is 19.1. The molecule has 1 saturated carbocycles. The van der Waals surface area contributed by atoms with E-state index < -0.39 is 17.2 Å². The third kappa shape index (κ3) is 3.27. The highest BCUT2D eigenvalue weighted by atomic mass is 16.5. The first-order valence-corrected chi connectivity index (χ1v) is 8.82. The monoisotopic (exact) mass is 369 g/mol. The van der Waals surface area contributed by atoms with E-state index in [0.29, 0.717) is 11.4 Å². The van der Waals surface area contributed by atoms with E-state index in [1.165, 1.54) is 16.8 Å². The number of nitrogens with one attached hydrogen (secondary N) is 2. The van der Waals surface area contributed by atoms with E-state index in [4.69, 9.17) is 4.52 Å². The number of aromatic amines is 1. The summed E-state index contributed by atoms with van der Waals surface area (Å²) in [5, 5.41) is 6.88. The lowest BCUT2D eigenvalue weighted by Gasteiger charge is -2.08. The number of hydrogen-bond donors (Lipinski definition) is 2. The van der Waals surface area contributed by atoms with Gasteiger partial charge >= 0.3 is 5.69 Å². The zero-order valence-electron chi connectivity index (χ0n) is 15.0. The normalized spacial score (nSPS) is 14.0. The number of rotatable bonds is 5. The number of aromatic nitrogens is 4. The number of nitrogens with zero attached hydrogens (tertiary/aromatic N) is 3. The molecule has 0 bridgehead atoms. The summed E-state index contributed by atoms with van der Waals surface area (Å²) in [5.41, 5.74) is 0.338. The summed E-state index contributed by atoms with van der Waals surface area (Å²) >= 11 is 0. The molecular formula is C18H19N5O4. The number of amides is 1. The Morgan fingerprint density at radius 1 is 1.37 bits per heavy atom. The van der Waals surface area contributed by atoms with Crippen molar-refractivity contribution in [2.24, 2.45) is 0 Å². The molecule has 27 heavy (non-hydrogen) atoms. The summed E-state index contributed by atoms with van der Waals surface area (Å²) in [7, 11) is 0. The molecule has 0 radical (unpaired) electrons. The fraction of sp³-hybridized carbons (Fsp3) is 0.389. The Kier molecular flexibility index (Phi) is 4.14. The highest BCUT2D eigenvalue weighted by molar-refractivity contribution is 5.96. The lowest BCUT2D eigenvalue weighted by molar-refractivity contribution is 0.0947. The molecule has 1 aliphatic rings. The lowest BCUT2D eigenvalue weighted by Crippen LogP contribution is -2.31. The van der Waals surface area contributed by atoms with Crippen molar-refractivity contribution in [3.8, 4) is 0 Å². The first-order valence-electron chi connectivity index (χ1n) is 8.82. The zero-order valence-corrected chi connectivity index (χ0v) is 15.0. The van der Waals surface area contributed by atoms with Crippen LogP contribution in [0.15, 0.2) is 32.4 Å². The van der Waals surface area contributed by atoms with Gasteiger partial charge in [-0.3, -0.25) is 19.1 Å². The van der Waals surface area contributed by atoms with E-state index in [0.717, 1.165) is 18.5 Å². The van der Waals surface area contributed by atoms with Gasteiger partial charge in [-0.1, -0.05) is 19.0 Å². The first-order chi connectivity index (χ1) is 12.9. The predicted molar refractivity (Wildman–Crippen MR) is 96.7 cm³/mol. The van der Waals surface area contributed by atoms with Crippen LogP contribution in [-0.2, 0) is 6.54 Å². The fourth-order valence-corrected chi connectivity index (χ4v) is 2.89. The predicted octanol–water partition coefficient (Wildman–Crippen LogP) is 1.46. The number of carbonyl (C=O) groups is 1. The van der Waals surface area contributed by atoms with Crippen LogP contribution in [0.4, 0.5) is 0 Å². The van der Waals surface area contributed by atoms with Crippen LogP contribution in [0.5, 0.6) is 0 Å². The Balaban J connectivity index is 1.59. The van der Waals surface area contributed by atoms with Crippen LogP contribution in [0.3, 0.4) is 0 Å². The van der Waals surface area contributed by atoms with Crippen LogP contribution in [0.1, 0.15) is 60.5 Å². The molecule has 3 heterocycles. The maximum Gasteiger partial charge on any atom is 0.330 e. The summed E-state index contributed by atoms with van der Waals surface area (Å²) in [6, 6.07) is 3.31. The topological polar surface area (TPSA) is 123 Å². The number of fused-ring (bicyclic) bond motifs is 1. The molecule has 9 nitrogen and oxygen atoms in total. The Labute approximate surface area is 153 Å². The van der Waals surface area contributed by atoms with Gasteiger partial charge in [0.2, 0.25) is 0 Å². The smallest absolute Gasteiger partial charge is 0.330 e. The van der Waals surface area contributed by atoms with E-state index in [1.54, 1.807) is 6.07 Å². The minimum Gasteiger partial charge on any atom is -0.359 e. The third-order valence-corrected chi connectivity index (χ3v) is 4.54. The third-order valence-electron chi connectivity index (χ3n) is 4.54. The average Bonchev–Trinajstić information content (AvgIpc) is 3.35. The minimum absolute atomic E-state index is 0.0608. The first kappa shape index (κ1) is 17.2. The van der Waals surface area contributed by atoms with Gasteiger partial charge in [-0.25, -0.2) is 9.78 Å². The van der Waals surface area contributed by atoms with E-state index in [2.05, 4.69) is 20.4 Å². The lowest BCUT2D eigenvalue weighted by atomic mass is 10.1. The number of pyridine rings is 1. The molecule has 0 aromatic carbocycles. The second-order valence-corrected chi connectivity index (χ2v) is 7.01. The average molecular weight is 369 g/mol. The molecule has 1 fully saturated rings.